The van der Waals surface area contributed by atoms with Crippen molar-refractivity contribution in [3.8, 4) is 5.75 Å². The van der Waals surface area contributed by atoms with E-state index in [-0.39, 0.29) is 28.8 Å². The van der Waals surface area contributed by atoms with Crippen LogP contribution in [0.5, 0.6) is 5.75 Å². The summed E-state index contributed by atoms with van der Waals surface area (Å²) in [4.78, 5) is 37.6. The zero-order valence-corrected chi connectivity index (χ0v) is 14.7. The number of ether oxygens (including phenoxy) is 1. The Kier molecular flexibility index (Phi) is 3.90. The minimum absolute atomic E-state index is 0.0378. The molecule has 1 amide bonds. The summed E-state index contributed by atoms with van der Waals surface area (Å²) in [6.45, 7) is 2.76. The summed E-state index contributed by atoms with van der Waals surface area (Å²) in [5, 5.41) is 3.97. The number of amides is 1. The average Bonchev–Trinajstić information content (AvgIpc) is 3.36. The molecule has 1 aliphatic heterocycles. The maximum atomic E-state index is 12.4. The van der Waals surface area contributed by atoms with Gasteiger partial charge >= 0.3 is 0 Å². The van der Waals surface area contributed by atoms with Crippen LogP contribution in [0.1, 0.15) is 35.1 Å². The second-order valence-corrected chi connectivity index (χ2v) is 6.90. The molecule has 8 nitrogen and oxygen atoms in total. The molecule has 136 valence electrons. The number of aryl methyl sites for hydroxylation is 2. The van der Waals surface area contributed by atoms with E-state index in [1.165, 1.54) is 25.2 Å². The molecule has 3 heterocycles. The van der Waals surface area contributed by atoms with Gasteiger partial charge in [0.25, 0.3) is 17.0 Å². The normalized spacial score (nSPS) is 17.1. The SMILES string of the molecule is Cc1cc(OC2CN(C(=O)c3ccc(=O)n(C)n3)C2)cc(=O)n1C1CC1. The van der Waals surface area contributed by atoms with Crippen molar-refractivity contribution in [3.05, 3.63) is 56.4 Å². The van der Waals surface area contributed by atoms with Crippen molar-refractivity contribution in [2.75, 3.05) is 13.1 Å². The molecule has 26 heavy (non-hydrogen) atoms. The van der Waals surface area contributed by atoms with Gasteiger partial charge in [-0.1, -0.05) is 0 Å². The second kappa shape index (κ2) is 6.12. The number of carbonyl (C=O) groups excluding carboxylic acids is 1. The minimum Gasteiger partial charge on any atom is -0.486 e. The highest BCUT2D eigenvalue weighted by molar-refractivity contribution is 5.92. The van der Waals surface area contributed by atoms with Crippen LogP contribution in [0.15, 0.2) is 33.9 Å². The Labute approximate surface area is 149 Å². The van der Waals surface area contributed by atoms with E-state index in [9.17, 15) is 14.4 Å². The maximum Gasteiger partial charge on any atom is 0.274 e. The molecule has 0 N–H and O–H groups in total. The summed E-state index contributed by atoms with van der Waals surface area (Å²) < 4.78 is 8.80. The van der Waals surface area contributed by atoms with Crippen LogP contribution in [0.2, 0.25) is 0 Å². The topological polar surface area (TPSA) is 86.4 Å². The molecule has 0 atom stereocenters. The van der Waals surface area contributed by atoms with E-state index >= 15 is 0 Å². The third-order valence-electron chi connectivity index (χ3n) is 4.76. The molecule has 0 bridgehead atoms. The van der Waals surface area contributed by atoms with E-state index in [0.717, 1.165) is 23.2 Å². The minimum atomic E-state index is -0.261. The standard InChI is InChI=1S/C18H20N4O4/c1-11-7-13(8-17(24)22(11)12-3-4-12)26-14-9-21(10-14)18(25)15-5-6-16(23)20(2)19-15/h5-8,12,14H,3-4,9-10H2,1-2H3. The number of hydrogen-bond donors (Lipinski definition) is 0. The lowest BCUT2D eigenvalue weighted by Crippen LogP contribution is -2.56. The molecule has 2 aliphatic rings. The predicted octanol–water partition coefficient (Wildman–Crippen LogP) is 0.489. The fourth-order valence-electron chi connectivity index (χ4n) is 3.20. The van der Waals surface area contributed by atoms with Crippen molar-refractivity contribution < 1.29 is 9.53 Å². The van der Waals surface area contributed by atoms with Gasteiger partial charge in [0, 0.05) is 30.9 Å². The third-order valence-corrected chi connectivity index (χ3v) is 4.76. The van der Waals surface area contributed by atoms with Gasteiger partial charge in [0.1, 0.15) is 17.5 Å². The number of pyridine rings is 1. The first kappa shape index (κ1) is 16.6. The van der Waals surface area contributed by atoms with Gasteiger partial charge in [-0.15, -0.1) is 0 Å². The van der Waals surface area contributed by atoms with Crippen molar-refractivity contribution in [2.24, 2.45) is 7.05 Å². The summed E-state index contributed by atoms with van der Waals surface area (Å²) in [6, 6.07) is 6.48. The highest BCUT2D eigenvalue weighted by Gasteiger charge is 2.34. The molecule has 2 fully saturated rings. The lowest BCUT2D eigenvalue weighted by atomic mass is 10.1. The van der Waals surface area contributed by atoms with Crippen molar-refractivity contribution in [2.45, 2.75) is 31.9 Å². The van der Waals surface area contributed by atoms with E-state index < -0.39 is 0 Å². The number of carbonyl (C=O) groups is 1. The lowest BCUT2D eigenvalue weighted by Gasteiger charge is -2.38. The smallest absolute Gasteiger partial charge is 0.274 e. The van der Waals surface area contributed by atoms with Gasteiger partial charge in [0.2, 0.25) is 0 Å². The molecule has 0 spiro atoms. The van der Waals surface area contributed by atoms with Gasteiger partial charge in [-0.2, -0.15) is 5.10 Å². The Morgan fingerprint density at radius 1 is 1.15 bits per heavy atom. The summed E-state index contributed by atoms with van der Waals surface area (Å²) in [5.41, 5.74) is 0.830. The molecule has 1 aliphatic carbocycles. The predicted molar refractivity (Wildman–Crippen MR) is 93.5 cm³/mol. The van der Waals surface area contributed by atoms with Crippen LogP contribution in [-0.4, -0.2) is 44.3 Å². The van der Waals surface area contributed by atoms with Crippen LogP contribution in [0.4, 0.5) is 0 Å². The van der Waals surface area contributed by atoms with Gasteiger partial charge in [0.05, 0.1) is 13.1 Å². The summed E-state index contributed by atoms with van der Waals surface area (Å²) >= 11 is 0. The van der Waals surface area contributed by atoms with Crippen molar-refractivity contribution >= 4 is 5.91 Å². The molecule has 0 radical (unpaired) electrons. The first-order valence-electron chi connectivity index (χ1n) is 8.66. The Balaban J connectivity index is 1.39. The van der Waals surface area contributed by atoms with Crippen LogP contribution >= 0.6 is 0 Å². The third kappa shape index (κ3) is 3.02. The monoisotopic (exact) mass is 356 g/mol. The Morgan fingerprint density at radius 2 is 1.88 bits per heavy atom. The van der Waals surface area contributed by atoms with Crippen LogP contribution in [0.3, 0.4) is 0 Å². The largest absolute Gasteiger partial charge is 0.486 e. The molecular formula is C18H20N4O4. The first-order valence-corrected chi connectivity index (χ1v) is 8.66. The van der Waals surface area contributed by atoms with Gasteiger partial charge < -0.3 is 14.2 Å². The van der Waals surface area contributed by atoms with Crippen LogP contribution < -0.4 is 15.9 Å². The second-order valence-electron chi connectivity index (χ2n) is 6.90. The molecule has 2 aromatic rings. The molecule has 0 unspecified atom stereocenters. The molecule has 1 saturated heterocycles. The maximum absolute atomic E-state index is 12.4. The quantitative estimate of drug-likeness (QED) is 0.796. The Hall–Kier alpha value is -2.90. The first-order chi connectivity index (χ1) is 12.4. The van der Waals surface area contributed by atoms with Gasteiger partial charge in [-0.3, -0.25) is 14.4 Å². The number of aromatic nitrogens is 3. The number of rotatable bonds is 4. The molecule has 2 aromatic heterocycles. The molecule has 4 rings (SSSR count). The van der Waals surface area contributed by atoms with E-state index in [2.05, 4.69) is 5.10 Å². The van der Waals surface area contributed by atoms with Gasteiger partial charge in [-0.05, 0) is 31.9 Å². The van der Waals surface area contributed by atoms with E-state index in [1.807, 2.05) is 17.6 Å². The van der Waals surface area contributed by atoms with Gasteiger partial charge in [-0.25, -0.2) is 4.68 Å². The highest BCUT2D eigenvalue weighted by atomic mass is 16.5. The van der Waals surface area contributed by atoms with Crippen molar-refractivity contribution in [3.63, 3.8) is 0 Å². The van der Waals surface area contributed by atoms with E-state index in [4.69, 9.17) is 4.74 Å². The van der Waals surface area contributed by atoms with Crippen LogP contribution in [0, 0.1) is 6.92 Å². The van der Waals surface area contributed by atoms with E-state index in [0.29, 0.717) is 24.9 Å². The fourth-order valence-corrected chi connectivity index (χ4v) is 3.20. The number of hydrogen-bond acceptors (Lipinski definition) is 5. The van der Waals surface area contributed by atoms with Crippen LogP contribution in [-0.2, 0) is 7.05 Å². The molecular weight excluding hydrogens is 336 g/mol. The summed E-state index contributed by atoms with van der Waals surface area (Å²) in [6.07, 6.45) is 1.96. The number of nitrogens with zero attached hydrogens (tertiary/aromatic N) is 4. The van der Waals surface area contributed by atoms with Crippen molar-refractivity contribution in [1.29, 1.82) is 0 Å². The molecule has 1 saturated carbocycles. The Morgan fingerprint density at radius 3 is 2.50 bits per heavy atom. The summed E-state index contributed by atoms with van der Waals surface area (Å²) in [7, 11) is 1.51. The highest BCUT2D eigenvalue weighted by Crippen LogP contribution is 2.35. The zero-order valence-electron chi connectivity index (χ0n) is 14.7. The number of likely N-dealkylation sites (tertiary alicyclic amines) is 1. The fraction of sp³-hybridized carbons (Fsp3) is 0.444. The average molecular weight is 356 g/mol. The zero-order chi connectivity index (χ0) is 18.4. The Bertz CT molecular complexity index is 983. The molecule has 8 heteroatoms. The van der Waals surface area contributed by atoms with Gasteiger partial charge in [0.15, 0.2) is 0 Å². The molecule has 0 aromatic carbocycles. The van der Waals surface area contributed by atoms with E-state index in [1.54, 1.807) is 4.90 Å². The van der Waals surface area contributed by atoms with Crippen molar-refractivity contribution in [1.82, 2.24) is 19.2 Å². The lowest BCUT2D eigenvalue weighted by molar-refractivity contribution is 0.0170. The van der Waals surface area contributed by atoms with Crippen LogP contribution in [0.25, 0.3) is 0 Å². The summed E-state index contributed by atoms with van der Waals surface area (Å²) in [5.74, 6) is 0.308.